The molecule has 1 heterocycles. The van der Waals surface area contributed by atoms with Crippen molar-refractivity contribution >= 4 is 11.3 Å². The number of aliphatic hydroxyl groups excluding tert-OH is 1. The van der Waals surface area contributed by atoms with Crippen LogP contribution >= 0.6 is 11.3 Å². The van der Waals surface area contributed by atoms with Crippen LogP contribution in [0.4, 0.5) is 0 Å². The van der Waals surface area contributed by atoms with Crippen LogP contribution in [0, 0.1) is 6.92 Å². The number of aryl methyl sites for hydroxylation is 1. The van der Waals surface area contributed by atoms with Gasteiger partial charge in [-0.15, -0.1) is 11.3 Å². The SMILES string of the molecule is COc1cc(OC)c(C(O)c2ccc(C)s2)c(OC)c1. The predicted octanol–water partition coefficient (Wildman–Crippen LogP) is 3.16. The van der Waals surface area contributed by atoms with E-state index in [1.165, 1.54) is 0 Å². The molecule has 0 aliphatic heterocycles. The fraction of sp³-hybridized carbons (Fsp3) is 0.333. The summed E-state index contributed by atoms with van der Waals surface area (Å²) >= 11 is 1.55. The van der Waals surface area contributed by atoms with Crippen molar-refractivity contribution in [2.45, 2.75) is 13.0 Å². The largest absolute Gasteiger partial charge is 0.496 e. The van der Waals surface area contributed by atoms with Crippen molar-refractivity contribution in [3.05, 3.63) is 39.6 Å². The summed E-state index contributed by atoms with van der Waals surface area (Å²) < 4.78 is 15.9. The molecule has 1 unspecified atom stereocenters. The Kier molecular flexibility index (Phi) is 4.52. The van der Waals surface area contributed by atoms with E-state index in [4.69, 9.17) is 14.2 Å². The quantitative estimate of drug-likeness (QED) is 0.920. The van der Waals surface area contributed by atoms with Crippen molar-refractivity contribution < 1.29 is 19.3 Å². The minimum atomic E-state index is -0.787. The van der Waals surface area contributed by atoms with Crippen molar-refractivity contribution in [1.82, 2.24) is 0 Å². The van der Waals surface area contributed by atoms with Crippen molar-refractivity contribution in [3.63, 3.8) is 0 Å². The second-order valence-electron chi connectivity index (χ2n) is 4.30. The van der Waals surface area contributed by atoms with Crippen LogP contribution in [0.5, 0.6) is 17.2 Å². The molecule has 0 radical (unpaired) electrons. The highest BCUT2D eigenvalue weighted by Crippen LogP contribution is 2.42. The van der Waals surface area contributed by atoms with E-state index in [1.807, 2.05) is 19.1 Å². The first-order valence-corrected chi connectivity index (χ1v) is 6.96. The van der Waals surface area contributed by atoms with Gasteiger partial charge in [-0.25, -0.2) is 0 Å². The Morgan fingerprint density at radius 2 is 1.60 bits per heavy atom. The first kappa shape index (κ1) is 14.7. The Balaban J connectivity index is 2.53. The predicted molar refractivity (Wildman–Crippen MR) is 79.2 cm³/mol. The molecule has 1 aromatic heterocycles. The van der Waals surface area contributed by atoms with Crippen LogP contribution in [-0.4, -0.2) is 26.4 Å². The Morgan fingerprint density at radius 1 is 1.00 bits per heavy atom. The lowest BCUT2D eigenvalue weighted by molar-refractivity contribution is 0.212. The lowest BCUT2D eigenvalue weighted by atomic mass is 10.0. The van der Waals surface area contributed by atoms with Crippen LogP contribution in [0.2, 0.25) is 0 Å². The molecular weight excluding hydrogens is 276 g/mol. The molecular formula is C15H18O4S. The van der Waals surface area contributed by atoms with E-state index < -0.39 is 6.10 Å². The van der Waals surface area contributed by atoms with E-state index in [9.17, 15) is 5.11 Å². The highest BCUT2D eigenvalue weighted by Gasteiger charge is 2.23. The van der Waals surface area contributed by atoms with Crippen LogP contribution in [0.25, 0.3) is 0 Å². The number of ether oxygens (including phenoxy) is 3. The molecule has 1 atom stereocenters. The van der Waals surface area contributed by atoms with Gasteiger partial charge < -0.3 is 19.3 Å². The van der Waals surface area contributed by atoms with Gasteiger partial charge in [-0.1, -0.05) is 0 Å². The molecule has 5 heteroatoms. The Labute approximate surface area is 122 Å². The van der Waals surface area contributed by atoms with Crippen LogP contribution in [0.15, 0.2) is 24.3 Å². The molecule has 0 aliphatic rings. The summed E-state index contributed by atoms with van der Waals surface area (Å²) in [5, 5.41) is 10.6. The molecule has 4 nitrogen and oxygen atoms in total. The molecule has 0 spiro atoms. The van der Waals surface area contributed by atoms with Gasteiger partial charge in [0, 0.05) is 21.9 Å². The second kappa shape index (κ2) is 6.15. The number of hydrogen-bond donors (Lipinski definition) is 1. The van der Waals surface area contributed by atoms with Crippen LogP contribution < -0.4 is 14.2 Å². The molecule has 2 aromatic rings. The monoisotopic (exact) mass is 294 g/mol. The van der Waals surface area contributed by atoms with Crippen molar-refractivity contribution in [2.75, 3.05) is 21.3 Å². The van der Waals surface area contributed by atoms with Gasteiger partial charge in [0.2, 0.25) is 0 Å². The summed E-state index contributed by atoms with van der Waals surface area (Å²) in [6.07, 6.45) is -0.787. The maximum absolute atomic E-state index is 10.6. The zero-order valence-corrected chi connectivity index (χ0v) is 12.8. The number of hydrogen-bond acceptors (Lipinski definition) is 5. The zero-order chi connectivity index (χ0) is 14.7. The molecule has 1 aromatic carbocycles. The van der Waals surface area contributed by atoms with Crippen LogP contribution in [-0.2, 0) is 0 Å². The third-order valence-electron chi connectivity index (χ3n) is 3.06. The lowest BCUT2D eigenvalue weighted by Gasteiger charge is -2.18. The normalized spacial score (nSPS) is 12.1. The van der Waals surface area contributed by atoms with Crippen molar-refractivity contribution in [3.8, 4) is 17.2 Å². The van der Waals surface area contributed by atoms with E-state index in [0.717, 1.165) is 9.75 Å². The third kappa shape index (κ3) is 2.73. The highest BCUT2D eigenvalue weighted by atomic mass is 32.1. The molecule has 20 heavy (non-hydrogen) atoms. The van der Waals surface area contributed by atoms with Gasteiger partial charge in [-0.05, 0) is 19.1 Å². The molecule has 0 bridgehead atoms. The smallest absolute Gasteiger partial charge is 0.132 e. The molecule has 1 N–H and O–H groups in total. The first-order valence-electron chi connectivity index (χ1n) is 6.15. The van der Waals surface area contributed by atoms with E-state index >= 15 is 0 Å². The van der Waals surface area contributed by atoms with E-state index in [-0.39, 0.29) is 0 Å². The lowest BCUT2D eigenvalue weighted by Crippen LogP contribution is -2.04. The van der Waals surface area contributed by atoms with E-state index in [0.29, 0.717) is 22.8 Å². The number of thiophene rings is 1. The summed E-state index contributed by atoms with van der Waals surface area (Å²) in [4.78, 5) is 2.00. The van der Waals surface area contributed by atoms with Gasteiger partial charge in [0.1, 0.15) is 23.4 Å². The number of benzene rings is 1. The standard InChI is InChI=1S/C15H18O4S/c1-9-5-6-13(20-9)15(16)14-11(18-3)7-10(17-2)8-12(14)19-4/h5-8,15-16H,1-4H3. The van der Waals surface area contributed by atoms with Gasteiger partial charge in [0.15, 0.2) is 0 Å². The number of rotatable bonds is 5. The second-order valence-corrected chi connectivity index (χ2v) is 5.62. The number of methoxy groups -OCH3 is 3. The first-order chi connectivity index (χ1) is 9.60. The molecule has 0 fully saturated rings. The van der Waals surface area contributed by atoms with Crippen LogP contribution in [0.1, 0.15) is 21.4 Å². The molecule has 0 saturated carbocycles. The fourth-order valence-corrected chi connectivity index (χ4v) is 2.92. The molecule has 108 valence electrons. The van der Waals surface area contributed by atoms with Gasteiger partial charge in [0.25, 0.3) is 0 Å². The summed E-state index contributed by atoms with van der Waals surface area (Å²) in [7, 11) is 4.70. The maximum atomic E-state index is 10.6. The van der Waals surface area contributed by atoms with E-state index in [1.54, 1.807) is 44.8 Å². The average molecular weight is 294 g/mol. The van der Waals surface area contributed by atoms with Crippen molar-refractivity contribution in [1.29, 1.82) is 0 Å². The summed E-state index contributed by atoms with van der Waals surface area (Å²) in [5.41, 5.74) is 0.609. The minimum absolute atomic E-state index is 0.541. The zero-order valence-electron chi connectivity index (χ0n) is 12.0. The maximum Gasteiger partial charge on any atom is 0.132 e. The fourth-order valence-electron chi connectivity index (χ4n) is 2.04. The number of aliphatic hydroxyl groups is 1. The Bertz CT molecular complexity index is 566. The summed E-state index contributed by atoms with van der Waals surface area (Å²) in [6, 6.07) is 7.36. The van der Waals surface area contributed by atoms with Gasteiger partial charge in [0.05, 0.1) is 26.9 Å². The van der Waals surface area contributed by atoms with Gasteiger partial charge >= 0.3 is 0 Å². The third-order valence-corrected chi connectivity index (χ3v) is 4.11. The molecule has 0 amide bonds. The Morgan fingerprint density at radius 3 is 2.00 bits per heavy atom. The van der Waals surface area contributed by atoms with Crippen molar-refractivity contribution in [2.24, 2.45) is 0 Å². The highest BCUT2D eigenvalue weighted by molar-refractivity contribution is 7.12. The van der Waals surface area contributed by atoms with Crippen LogP contribution in [0.3, 0.4) is 0 Å². The minimum Gasteiger partial charge on any atom is -0.496 e. The van der Waals surface area contributed by atoms with Gasteiger partial charge in [-0.2, -0.15) is 0 Å². The van der Waals surface area contributed by atoms with E-state index in [2.05, 4.69) is 0 Å². The van der Waals surface area contributed by atoms with Gasteiger partial charge in [-0.3, -0.25) is 0 Å². The summed E-state index contributed by atoms with van der Waals surface area (Å²) in [6.45, 7) is 2.00. The molecule has 0 saturated heterocycles. The molecule has 2 rings (SSSR count). The topological polar surface area (TPSA) is 47.9 Å². The average Bonchev–Trinajstić information content (AvgIpc) is 2.91. The summed E-state index contributed by atoms with van der Waals surface area (Å²) in [5.74, 6) is 1.71. The molecule has 0 aliphatic carbocycles. The Hall–Kier alpha value is -1.72.